The van der Waals surface area contributed by atoms with Crippen LogP contribution >= 0.6 is 0 Å². The summed E-state index contributed by atoms with van der Waals surface area (Å²) in [5.74, 6) is 0.549. The van der Waals surface area contributed by atoms with Crippen molar-refractivity contribution in [3.05, 3.63) is 74.3 Å². The van der Waals surface area contributed by atoms with Crippen LogP contribution in [0, 0.1) is 16.7 Å². The van der Waals surface area contributed by atoms with Crippen molar-refractivity contribution in [3.8, 4) is 0 Å². The molecule has 2 heteroatoms. The Morgan fingerprint density at radius 2 is 1.38 bits per heavy atom. The summed E-state index contributed by atoms with van der Waals surface area (Å²) in [4.78, 5) is 12.0. The van der Waals surface area contributed by atoms with E-state index in [2.05, 4.69) is 78.8 Å². The average molecular weight is 531 g/mol. The molecule has 2 aromatic rings. The number of ketones is 1. The van der Waals surface area contributed by atoms with Crippen molar-refractivity contribution in [1.82, 2.24) is 0 Å². The number of carbonyl (C=O) groups is 1. The van der Waals surface area contributed by atoms with Gasteiger partial charge in [-0.15, -0.1) is 0 Å². The fourth-order valence-corrected chi connectivity index (χ4v) is 7.19. The minimum absolute atomic E-state index is 0. The highest BCUT2D eigenvalue weighted by Crippen LogP contribution is 2.43. The van der Waals surface area contributed by atoms with E-state index in [-0.39, 0.29) is 20.8 Å². The Morgan fingerprint density at radius 1 is 0.795 bits per heavy atom. The molecule has 1 saturated heterocycles. The summed E-state index contributed by atoms with van der Waals surface area (Å²) in [6, 6.07) is 8.89. The zero-order valence-corrected chi connectivity index (χ0v) is 24.2. The summed E-state index contributed by atoms with van der Waals surface area (Å²) in [7, 11) is 0. The zero-order chi connectivity index (χ0) is 26.5. The van der Waals surface area contributed by atoms with Crippen LogP contribution in [0.1, 0.15) is 125 Å². The van der Waals surface area contributed by atoms with Crippen LogP contribution in [0.4, 0.5) is 0 Å². The molecule has 214 valence electrons. The van der Waals surface area contributed by atoms with E-state index in [0.717, 1.165) is 31.4 Å². The van der Waals surface area contributed by atoms with Gasteiger partial charge < -0.3 is 4.74 Å². The summed E-state index contributed by atoms with van der Waals surface area (Å²) in [5, 5.41) is 0. The molecule has 1 aliphatic heterocycles. The molecule has 0 spiro atoms. The summed E-state index contributed by atoms with van der Waals surface area (Å²) in [5.41, 5.74) is 14.1. The molecule has 0 bridgehead atoms. The van der Waals surface area contributed by atoms with E-state index in [1.165, 1.54) is 59.9 Å². The van der Waals surface area contributed by atoms with Crippen LogP contribution in [-0.4, -0.2) is 18.5 Å². The molecule has 2 nitrogen and oxygen atoms in total. The van der Waals surface area contributed by atoms with Gasteiger partial charge in [0.05, 0.1) is 6.10 Å². The fraction of sp³-hybridized carbons (Fsp3) is 0.595. The lowest BCUT2D eigenvalue weighted by Gasteiger charge is -2.15. The lowest BCUT2D eigenvalue weighted by molar-refractivity contribution is 0.0946. The largest absolute Gasteiger partial charge is 0.379 e. The molecule has 0 radical (unpaired) electrons. The van der Waals surface area contributed by atoms with Gasteiger partial charge in [0.1, 0.15) is 0 Å². The number of benzene rings is 2. The van der Waals surface area contributed by atoms with Crippen molar-refractivity contribution in [2.24, 2.45) is 16.7 Å². The number of allylic oxidation sites excluding steroid dienone is 1. The van der Waals surface area contributed by atoms with Crippen LogP contribution < -0.4 is 0 Å². The number of Topliss-reactive ketones (excluding diaryl/α,β-unsaturated/α-hetero) is 1. The predicted molar refractivity (Wildman–Crippen MR) is 168 cm³/mol. The highest BCUT2D eigenvalue weighted by Gasteiger charge is 2.36. The van der Waals surface area contributed by atoms with Gasteiger partial charge in [-0.25, -0.2) is 0 Å². The Balaban J connectivity index is 0.000000171. The Morgan fingerprint density at radius 3 is 1.92 bits per heavy atom. The van der Waals surface area contributed by atoms with Gasteiger partial charge in [0.2, 0.25) is 0 Å². The summed E-state index contributed by atoms with van der Waals surface area (Å²) < 4.78 is 5.15. The van der Waals surface area contributed by atoms with E-state index in [1.54, 1.807) is 16.7 Å². The third kappa shape index (κ3) is 6.59. The second-order valence-electron chi connectivity index (χ2n) is 14.0. The molecule has 5 aliphatic rings. The van der Waals surface area contributed by atoms with Crippen LogP contribution in [-0.2, 0) is 43.3 Å². The third-order valence-electron chi connectivity index (χ3n) is 8.98. The SMILES string of the molecule is C.C.CC1=Cc2ccc3c(c2C1)CC(C)(C)C3.CC1CCCO1.CC1Cc2c(ccc3c2CC(C)(C)C3)C1=O. The molecule has 0 saturated carbocycles. The van der Waals surface area contributed by atoms with E-state index in [4.69, 9.17) is 4.74 Å². The molecule has 4 aliphatic carbocycles. The first kappa shape index (κ1) is 31.3. The average Bonchev–Trinajstić information content (AvgIpc) is 3.60. The van der Waals surface area contributed by atoms with E-state index in [1.807, 2.05) is 0 Å². The molecule has 0 amide bonds. The lowest BCUT2D eigenvalue weighted by Crippen LogP contribution is -2.10. The molecule has 7 rings (SSSR count). The highest BCUT2D eigenvalue weighted by molar-refractivity contribution is 6.02. The van der Waals surface area contributed by atoms with Crippen LogP contribution in [0.5, 0.6) is 0 Å². The number of rotatable bonds is 0. The lowest BCUT2D eigenvalue weighted by atomic mass is 9.89. The summed E-state index contributed by atoms with van der Waals surface area (Å²) in [6.07, 6.45) is 12.4. The number of ether oxygens (including phenoxy) is 1. The zero-order valence-electron chi connectivity index (χ0n) is 24.2. The smallest absolute Gasteiger partial charge is 0.166 e. The summed E-state index contributed by atoms with van der Waals surface area (Å²) in [6.45, 7) is 16.8. The Labute approximate surface area is 239 Å². The molecule has 2 unspecified atom stereocenters. The first-order chi connectivity index (χ1) is 17.4. The van der Waals surface area contributed by atoms with Crippen molar-refractivity contribution < 1.29 is 9.53 Å². The van der Waals surface area contributed by atoms with Crippen LogP contribution in [0.15, 0.2) is 29.8 Å². The maximum absolute atomic E-state index is 12.0. The first-order valence-corrected chi connectivity index (χ1v) is 14.5. The molecular weight excluding hydrogens is 476 g/mol. The van der Waals surface area contributed by atoms with E-state index in [9.17, 15) is 4.79 Å². The molecule has 0 aromatic heterocycles. The van der Waals surface area contributed by atoms with Gasteiger partial charge in [-0.2, -0.15) is 0 Å². The minimum Gasteiger partial charge on any atom is -0.379 e. The molecule has 2 atom stereocenters. The number of carbonyl (C=O) groups excluding carboxylic acids is 1. The van der Waals surface area contributed by atoms with Gasteiger partial charge in [0, 0.05) is 18.1 Å². The fourth-order valence-electron chi connectivity index (χ4n) is 7.19. The molecule has 2 aromatic carbocycles. The second-order valence-corrected chi connectivity index (χ2v) is 14.0. The maximum Gasteiger partial charge on any atom is 0.166 e. The third-order valence-corrected chi connectivity index (χ3v) is 8.98. The van der Waals surface area contributed by atoms with Crippen LogP contribution in [0.2, 0.25) is 0 Å². The standard InChI is InChI=1S/C15H18O.C15H18.C5H10O.2CH4/c1-9-6-12-11(14(9)16)5-4-10-7-15(2,3)8-13(10)12;1-10-6-11-4-5-12-8-15(2,3)9-14(12)13(11)7-10;1-5-3-2-4-6-5;;/h4-5,9H,6-8H2,1-3H3;4-6H,7-9H2,1-3H3;5H,2-4H2,1H3;2*1H4. The van der Waals surface area contributed by atoms with Crippen molar-refractivity contribution in [2.45, 2.75) is 121 Å². The maximum atomic E-state index is 12.0. The second kappa shape index (κ2) is 11.7. The van der Waals surface area contributed by atoms with Crippen LogP contribution in [0.25, 0.3) is 6.08 Å². The number of fused-ring (bicyclic) bond motifs is 6. The van der Waals surface area contributed by atoms with Gasteiger partial charge in [0.15, 0.2) is 5.78 Å². The minimum atomic E-state index is 0. The number of hydrogen-bond acceptors (Lipinski definition) is 2. The molecular formula is C37H54O2. The predicted octanol–water partition coefficient (Wildman–Crippen LogP) is 9.41. The van der Waals surface area contributed by atoms with Gasteiger partial charge in [-0.05, 0) is 115 Å². The number of hydrogen-bond donors (Lipinski definition) is 0. The molecule has 0 N–H and O–H groups in total. The Hall–Kier alpha value is -2.19. The highest BCUT2D eigenvalue weighted by atomic mass is 16.5. The van der Waals surface area contributed by atoms with Gasteiger partial charge in [-0.3, -0.25) is 4.79 Å². The molecule has 1 heterocycles. The first-order valence-electron chi connectivity index (χ1n) is 14.5. The van der Waals surface area contributed by atoms with Crippen molar-refractivity contribution in [2.75, 3.05) is 6.61 Å². The molecule has 1 fully saturated rings. The van der Waals surface area contributed by atoms with Gasteiger partial charge >= 0.3 is 0 Å². The van der Waals surface area contributed by atoms with E-state index in [0.29, 0.717) is 22.7 Å². The topological polar surface area (TPSA) is 26.3 Å². The van der Waals surface area contributed by atoms with Crippen molar-refractivity contribution >= 4 is 11.9 Å². The van der Waals surface area contributed by atoms with E-state index < -0.39 is 0 Å². The Bertz CT molecular complexity index is 1240. The van der Waals surface area contributed by atoms with Crippen molar-refractivity contribution in [1.29, 1.82) is 0 Å². The Kier molecular flexibility index (Phi) is 9.43. The van der Waals surface area contributed by atoms with Crippen LogP contribution in [0.3, 0.4) is 0 Å². The normalized spacial score (nSPS) is 24.0. The van der Waals surface area contributed by atoms with Gasteiger partial charge in [-0.1, -0.05) is 85.4 Å². The quantitative estimate of drug-likeness (QED) is 0.339. The van der Waals surface area contributed by atoms with Crippen molar-refractivity contribution in [3.63, 3.8) is 0 Å². The van der Waals surface area contributed by atoms with E-state index >= 15 is 0 Å². The molecule has 39 heavy (non-hydrogen) atoms. The van der Waals surface area contributed by atoms with Gasteiger partial charge in [0.25, 0.3) is 0 Å². The summed E-state index contributed by atoms with van der Waals surface area (Å²) >= 11 is 0. The monoisotopic (exact) mass is 530 g/mol.